The highest BCUT2D eigenvalue weighted by molar-refractivity contribution is 6.09. The fourth-order valence-electron chi connectivity index (χ4n) is 3.44. The third kappa shape index (κ3) is 5.96. The van der Waals surface area contributed by atoms with Crippen LogP contribution in [-0.4, -0.2) is 43.3 Å². The largest absolute Gasteiger partial charge is 0.496 e. The van der Waals surface area contributed by atoms with Crippen molar-refractivity contribution in [3.05, 3.63) is 59.2 Å². The molecule has 1 heterocycles. The number of ketones is 1. The normalized spacial score (nSPS) is 13.7. The second-order valence-electron chi connectivity index (χ2n) is 8.19. The SMILES string of the molecule is COc1ccc(/C=C/C(=O)c2ccc(OC)c3c2OC(C)(C)C=C3)cc1OCCCC(=O)NO. The minimum absolute atomic E-state index is 0.132. The molecule has 2 aromatic rings. The summed E-state index contributed by atoms with van der Waals surface area (Å²) in [5, 5.41) is 8.56. The molecule has 2 aromatic carbocycles. The van der Waals surface area contributed by atoms with Crippen molar-refractivity contribution in [1.29, 1.82) is 0 Å². The first-order valence-electron chi connectivity index (χ1n) is 10.8. The van der Waals surface area contributed by atoms with Crippen LogP contribution in [0.15, 0.2) is 42.5 Å². The molecule has 34 heavy (non-hydrogen) atoms. The predicted octanol–water partition coefficient (Wildman–Crippen LogP) is 4.45. The van der Waals surface area contributed by atoms with E-state index >= 15 is 0 Å². The summed E-state index contributed by atoms with van der Waals surface area (Å²) in [7, 11) is 3.11. The molecule has 0 saturated carbocycles. The molecule has 8 nitrogen and oxygen atoms in total. The van der Waals surface area contributed by atoms with Crippen LogP contribution in [0.3, 0.4) is 0 Å². The Labute approximate surface area is 198 Å². The first-order chi connectivity index (χ1) is 16.3. The average molecular weight is 468 g/mol. The highest BCUT2D eigenvalue weighted by Crippen LogP contribution is 2.40. The Kier molecular flexibility index (Phi) is 7.96. The number of benzene rings is 2. The van der Waals surface area contributed by atoms with Crippen LogP contribution in [0.4, 0.5) is 0 Å². The van der Waals surface area contributed by atoms with Gasteiger partial charge in [0.1, 0.15) is 17.1 Å². The quantitative estimate of drug-likeness (QED) is 0.175. The van der Waals surface area contributed by atoms with Gasteiger partial charge < -0.3 is 18.9 Å². The lowest BCUT2D eigenvalue weighted by Gasteiger charge is -2.29. The van der Waals surface area contributed by atoms with E-state index in [9.17, 15) is 9.59 Å². The number of methoxy groups -OCH3 is 2. The predicted molar refractivity (Wildman–Crippen MR) is 128 cm³/mol. The summed E-state index contributed by atoms with van der Waals surface area (Å²) in [5.41, 5.74) is 2.95. The Morgan fingerprint density at radius 1 is 1.09 bits per heavy atom. The minimum Gasteiger partial charge on any atom is -0.496 e. The van der Waals surface area contributed by atoms with E-state index in [1.807, 2.05) is 26.0 Å². The Morgan fingerprint density at radius 2 is 1.82 bits per heavy atom. The van der Waals surface area contributed by atoms with Crippen molar-refractivity contribution in [3.63, 3.8) is 0 Å². The Bertz CT molecular complexity index is 1120. The molecule has 2 N–H and O–H groups in total. The van der Waals surface area contributed by atoms with Crippen molar-refractivity contribution < 1.29 is 33.7 Å². The lowest BCUT2D eigenvalue weighted by atomic mass is 9.97. The number of allylic oxidation sites excluding steroid dienone is 1. The number of rotatable bonds is 10. The van der Waals surface area contributed by atoms with Crippen LogP contribution >= 0.6 is 0 Å². The van der Waals surface area contributed by atoms with E-state index in [-0.39, 0.29) is 18.8 Å². The van der Waals surface area contributed by atoms with E-state index in [1.54, 1.807) is 49.0 Å². The van der Waals surface area contributed by atoms with Gasteiger partial charge in [0, 0.05) is 6.42 Å². The molecule has 0 fully saturated rings. The molecule has 1 amide bonds. The van der Waals surface area contributed by atoms with E-state index in [1.165, 1.54) is 13.2 Å². The van der Waals surface area contributed by atoms with Crippen LogP contribution in [0.5, 0.6) is 23.0 Å². The molecule has 0 aliphatic carbocycles. The van der Waals surface area contributed by atoms with Crippen LogP contribution in [-0.2, 0) is 4.79 Å². The Balaban J connectivity index is 1.79. The Morgan fingerprint density at radius 3 is 2.53 bits per heavy atom. The van der Waals surface area contributed by atoms with Crippen molar-refractivity contribution in [1.82, 2.24) is 5.48 Å². The van der Waals surface area contributed by atoms with Gasteiger partial charge in [-0.25, -0.2) is 5.48 Å². The molecule has 0 saturated heterocycles. The van der Waals surface area contributed by atoms with Crippen molar-refractivity contribution in [2.75, 3.05) is 20.8 Å². The van der Waals surface area contributed by atoms with Gasteiger partial charge in [-0.3, -0.25) is 14.8 Å². The average Bonchev–Trinajstić information content (AvgIpc) is 2.83. The second-order valence-corrected chi connectivity index (χ2v) is 8.19. The molecule has 8 heteroatoms. The molecule has 0 radical (unpaired) electrons. The maximum absolute atomic E-state index is 13.1. The summed E-state index contributed by atoms with van der Waals surface area (Å²) in [5.74, 6) is 1.45. The zero-order valence-corrected chi connectivity index (χ0v) is 19.7. The molecule has 3 rings (SSSR count). The number of carbonyl (C=O) groups is 2. The highest BCUT2D eigenvalue weighted by Gasteiger charge is 2.27. The lowest BCUT2D eigenvalue weighted by molar-refractivity contribution is -0.129. The van der Waals surface area contributed by atoms with Crippen molar-refractivity contribution in [2.24, 2.45) is 0 Å². The molecule has 0 spiro atoms. The van der Waals surface area contributed by atoms with Crippen molar-refractivity contribution in [3.8, 4) is 23.0 Å². The molecule has 1 aliphatic heterocycles. The Hall–Kier alpha value is -3.78. The number of fused-ring (bicyclic) bond motifs is 1. The molecule has 0 bridgehead atoms. The van der Waals surface area contributed by atoms with E-state index in [2.05, 4.69) is 0 Å². The van der Waals surface area contributed by atoms with Gasteiger partial charge in [-0.1, -0.05) is 12.1 Å². The molecule has 180 valence electrons. The first kappa shape index (κ1) is 24.9. The highest BCUT2D eigenvalue weighted by atomic mass is 16.5. The minimum atomic E-state index is -0.543. The van der Waals surface area contributed by atoms with Gasteiger partial charge in [-0.05, 0) is 68.3 Å². The van der Waals surface area contributed by atoms with Gasteiger partial charge in [0.05, 0.1) is 32.0 Å². The lowest BCUT2D eigenvalue weighted by Crippen LogP contribution is -2.28. The van der Waals surface area contributed by atoms with E-state index in [4.69, 9.17) is 24.2 Å². The number of hydroxylamine groups is 1. The van der Waals surface area contributed by atoms with Crippen molar-refractivity contribution in [2.45, 2.75) is 32.3 Å². The molecule has 1 aliphatic rings. The summed E-state index contributed by atoms with van der Waals surface area (Å²) in [6, 6.07) is 8.75. The molecular weight excluding hydrogens is 438 g/mol. The number of hydrogen-bond donors (Lipinski definition) is 2. The summed E-state index contributed by atoms with van der Waals surface area (Å²) in [6.45, 7) is 4.10. The van der Waals surface area contributed by atoms with E-state index < -0.39 is 11.5 Å². The topological polar surface area (TPSA) is 103 Å². The number of hydrogen-bond acceptors (Lipinski definition) is 7. The summed E-state index contributed by atoms with van der Waals surface area (Å²) >= 11 is 0. The van der Waals surface area contributed by atoms with Crippen LogP contribution in [0, 0.1) is 0 Å². The fourth-order valence-corrected chi connectivity index (χ4v) is 3.44. The molecular formula is C26H29NO7. The standard InChI is InChI=1S/C26H29NO7/c1-26(2)14-13-19-21(31-3)12-9-18(25(19)34-26)20(28)10-7-17-8-11-22(32-4)23(16-17)33-15-5-6-24(29)27-30/h7-14,16,30H,5-6,15H2,1-4H3,(H,27,29)/b10-7+. The zero-order chi connectivity index (χ0) is 24.7. The van der Waals surface area contributed by atoms with Gasteiger partial charge in [0.15, 0.2) is 17.3 Å². The molecule has 0 aromatic heterocycles. The fraction of sp³-hybridized carbons (Fsp3) is 0.308. The smallest absolute Gasteiger partial charge is 0.243 e. The number of amides is 1. The first-order valence-corrected chi connectivity index (χ1v) is 10.8. The van der Waals surface area contributed by atoms with Crippen LogP contribution < -0.4 is 24.4 Å². The van der Waals surface area contributed by atoms with Gasteiger partial charge >= 0.3 is 0 Å². The van der Waals surface area contributed by atoms with Crippen LogP contribution in [0.25, 0.3) is 12.2 Å². The van der Waals surface area contributed by atoms with E-state index in [0.29, 0.717) is 35.0 Å². The molecule has 0 atom stereocenters. The van der Waals surface area contributed by atoms with Gasteiger partial charge in [0.25, 0.3) is 0 Å². The second kappa shape index (κ2) is 10.9. The summed E-state index contributed by atoms with van der Waals surface area (Å²) < 4.78 is 22.6. The number of carbonyl (C=O) groups excluding carboxylic acids is 2. The van der Waals surface area contributed by atoms with E-state index in [0.717, 1.165) is 11.1 Å². The van der Waals surface area contributed by atoms with Gasteiger partial charge in [-0.15, -0.1) is 0 Å². The summed E-state index contributed by atoms with van der Waals surface area (Å²) in [4.78, 5) is 24.2. The maximum Gasteiger partial charge on any atom is 0.243 e. The monoisotopic (exact) mass is 467 g/mol. The maximum atomic E-state index is 13.1. The zero-order valence-electron chi connectivity index (χ0n) is 19.7. The third-order valence-electron chi connectivity index (χ3n) is 5.20. The van der Waals surface area contributed by atoms with Crippen molar-refractivity contribution >= 4 is 23.8 Å². The summed E-state index contributed by atoms with van der Waals surface area (Å²) in [6.07, 6.45) is 7.56. The molecule has 0 unspecified atom stereocenters. The van der Waals surface area contributed by atoms with Gasteiger partial charge in [-0.2, -0.15) is 0 Å². The number of nitrogens with one attached hydrogen (secondary N) is 1. The third-order valence-corrected chi connectivity index (χ3v) is 5.20. The van der Waals surface area contributed by atoms with Crippen LogP contribution in [0.2, 0.25) is 0 Å². The van der Waals surface area contributed by atoms with Crippen LogP contribution in [0.1, 0.15) is 48.2 Å². The number of ether oxygens (including phenoxy) is 4. The van der Waals surface area contributed by atoms with Gasteiger partial charge in [0.2, 0.25) is 5.91 Å².